The summed E-state index contributed by atoms with van der Waals surface area (Å²) < 4.78 is 5.70. The fraction of sp³-hybridized carbons (Fsp3) is 0.304. The molecular weight excluding hydrogens is 419 g/mol. The molecule has 2 aromatic carbocycles. The molecule has 0 bridgehead atoms. The number of nitrogens with zero attached hydrogens (tertiary/aromatic N) is 2. The van der Waals surface area contributed by atoms with Gasteiger partial charge in [0.15, 0.2) is 11.9 Å². The van der Waals surface area contributed by atoms with Crippen LogP contribution in [0.4, 0.5) is 0 Å². The zero-order valence-electron chi connectivity index (χ0n) is 17.4. The highest BCUT2D eigenvalue weighted by Gasteiger charge is 2.18. The van der Waals surface area contributed by atoms with E-state index in [1.807, 2.05) is 13.1 Å². The van der Waals surface area contributed by atoms with E-state index < -0.39 is 0 Å². The van der Waals surface area contributed by atoms with Gasteiger partial charge in [-0.2, -0.15) is 0 Å². The average Bonchev–Trinajstić information content (AvgIpc) is 3.43. The van der Waals surface area contributed by atoms with Crippen molar-refractivity contribution in [3.63, 3.8) is 0 Å². The molecule has 5 nitrogen and oxygen atoms in total. The zero-order valence-corrected chi connectivity index (χ0v) is 18.9. The maximum Gasteiger partial charge on any atom is 0.157 e. The minimum absolute atomic E-state index is 0.167. The van der Waals surface area contributed by atoms with E-state index in [2.05, 4.69) is 52.3 Å². The maximum absolute atomic E-state index is 6.01. The standard InChI is InChI=1S/C12H14N2.C11H12Cl2N2O/c1-9-4-3-5-11(10(9)2)6-12-7-13-8-14-12;1-7(11-14-5-6-15-11)16-10-8(12)3-2-4-9(10)13/h3-5,7-8H,6H2,1-2H3,(H,13,14);2-4,7H,5-6H2,1H3,(H,14,15). The number of aliphatic imine (C=N–C) groups is 1. The van der Waals surface area contributed by atoms with E-state index in [0.717, 1.165) is 25.3 Å². The van der Waals surface area contributed by atoms with Crippen LogP contribution in [0.3, 0.4) is 0 Å². The van der Waals surface area contributed by atoms with Crippen molar-refractivity contribution in [1.82, 2.24) is 15.3 Å². The lowest BCUT2D eigenvalue weighted by molar-refractivity contribution is 0.284. The third kappa shape index (κ3) is 5.77. The number of ether oxygens (including phenoxy) is 1. The van der Waals surface area contributed by atoms with E-state index in [0.29, 0.717) is 15.8 Å². The number of hydrogen-bond acceptors (Lipinski definition) is 4. The Bertz CT molecular complexity index is 982. The van der Waals surface area contributed by atoms with Crippen molar-refractivity contribution in [2.45, 2.75) is 33.3 Å². The van der Waals surface area contributed by atoms with Crippen molar-refractivity contribution in [1.29, 1.82) is 0 Å². The van der Waals surface area contributed by atoms with Crippen molar-refractivity contribution < 1.29 is 4.74 Å². The van der Waals surface area contributed by atoms with E-state index >= 15 is 0 Å². The van der Waals surface area contributed by atoms with E-state index in [-0.39, 0.29) is 6.10 Å². The molecular formula is C23H26Cl2N4O. The molecule has 1 unspecified atom stereocenters. The number of aromatic nitrogens is 2. The fourth-order valence-electron chi connectivity index (χ4n) is 3.11. The van der Waals surface area contributed by atoms with Gasteiger partial charge in [0.1, 0.15) is 5.84 Å². The first-order valence-electron chi connectivity index (χ1n) is 9.87. The average molecular weight is 445 g/mol. The zero-order chi connectivity index (χ0) is 21.5. The molecule has 0 saturated heterocycles. The van der Waals surface area contributed by atoms with E-state index in [4.69, 9.17) is 27.9 Å². The molecule has 0 aliphatic carbocycles. The highest BCUT2D eigenvalue weighted by Crippen LogP contribution is 2.33. The normalized spacial score (nSPS) is 13.7. The second kappa shape index (κ2) is 10.5. The summed E-state index contributed by atoms with van der Waals surface area (Å²) in [5.41, 5.74) is 5.26. The topological polar surface area (TPSA) is 62.3 Å². The Morgan fingerprint density at radius 3 is 2.47 bits per heavy atom. The summed E-state index contributed by atoms with van der Waals surface area (Å²) >= 11 is 12.0. The lowest BCUT2D eigenvalue weighted by atomic mass is 10.0. The molecule has 158 valence electrons. The number of aromatic amines is 1. The summed E-state index contributed by atoms with van der Waals surface area (Å²) in [6.07, 6.45) is 4.37. The molecule has 2 N–H and O–H groups in total. The highest BCUT2D eigenvalue weighted by molar-refractivity contribution is 6.37. The Kier molecular flexibility index (Phi) is 7.77. The summed E-state index contributed by atoms with van der Waals surface area (Å²) in [4.78, 5) is 11.4. The number of para-hydroxylation sites is 1. The SMILES string of the molecule is CC(Oc1c(Cl)cccc1Cl)C1=NCCN1.Cc1cccc(Cc2cnc[nH]2)c1C. The number of imidazole rings is 1. The summed E-state index contributed by atoms with van der Waals surface area (Å²) in [5.74, 6) is 1.35. The molecule has 0 saturated carbocycles. The molecule has 1 aliphatic heterocycles. The maximum atomic E-state index is 6.01. The molecule has 3 aromatic rings. The van der Waals surface area contributed by atoms with Crippen molar-refractivity contribution in [2.75, 3.05) is 13.1 Å². The smallest absolute Gasteiger partial charge is 0.157 e. The van der Waals surface area contributed by atoms with Crippen LogP contribution in [0.1, 0.15) is 29.3 Å². The molecule has 1 aromatic heterocycles. The van der Waals surface area contributed by atoms with Gasteiger partial charge in [0, 0.05) is 24.9 Å². The monoisotopic (exact) mass is 444 g/mol. The van der Waals surface area contributed by atoms with Gasteiger partial charge in [0.05, 0.1) is 22.9 Å². The first-order valence-corrected chi connectivity index (χ1v) is 10.6. The van der Waals surface area contributed by atoms with Gasteiger partial charge in [-0.15, -0.1) is 0 Å². The van der Waals surface area contributed by atoms with Gasteiger partial charge in [0.2, 0.25) is 0 Å². The van der Waals surface area contributed by atoms with Gasteiger partial charge in [-0.05, 0) is 49.6 Å². The van der Waals surface area contributed by atoms with Crippen LogP contribution in [0.15, 0.2) is 53.9 Å². The number of hydrogen-bond donors (Lipinski definition) is 2. The Balaban J connectivity index is 0.000000172. The molecule has 0 radical (unpaired) electrons. The Morgan fingerprint density at radius 1 is 1.10 bits per heavy atom. The summed E-state index contributed by atoms with van der Waals surface area (Å²) in [5, 5.41) is 4.18. The molecule has 30 heavy (non-hydrogen) atoms. The summed E-state index contributed by atoms with van der Waals surface area (Å²) in [6, 6.07) is 11.7. The number of amidine groups is 1. The number of nitrogens with one attached hydrogen (secondary N) is 2. The minimum Gasteiger partial charge on any atom is -0.480 e. The lowest BCUT2D eigenvalue weighted by Crippen LogP contribution is -2.33. The number of benzene rings is 2. The van der Waals surface area contributed by atoms with Gasteiger partial charge >= 0.3 is 0 Å². The van der Waals surface area contributed by atoms with Crippen LogP contribution in [-0.2, 0) is 6.42 Å². The van der Waals surface area contributed by atoms with Crippen LogP contribution in [0, 0.1) is 13.8 Å². The number of H-pyrrole nitrogens is 1. The summed E-state index contributed by atoms with van der Waals surface area (Å²) in [7, 11) is 0. The Labute approximate surface area is 187 Å². The van der Waals surface area contributed by atoms with Gasteiger partial charge in [-0.25, -0.2) is 4.98 Å². The molecule has 0 fully saturated rings. The van der Waals surface area contributed by atoms with Crippen molar-refractivity contribution in [3.8, 4) is 5.75 Å². The second-order valence-corrected chi connectivity index (χ2v) is 7.93. The van der Waals surface area contributed by atoms with Crippen LogP contribution in [-0.4, -0.2) is 35.0 Å². The Morgan fingerprint density at radius 2 is 1.83 bits per heavy atom. The van der Waals surface area contributed by atoms with Gasteiger partial charge < -0.3 is 15.0 Å². The number of halogens is 2. The van der Waals surface area contributed by atoms with Crippen LogP contribution in [0.2, 0.25) is 10.0 Å². The molecule has 4 rings (SSSR count). The van der Waals surface area contributed by atoms with Gasteiger partial charge in [0.25, 0.3) is 0 Å². The van der Waals surface area contributed by atoms with E-state index in [1.54, 1.807) is 24.5 Å². The highest BCUT2D eigenvalue weighted by atomic mass is 35.5. The third-order valence-electron chi connectivity index (χ3n) is 4.95. The van der Waals surface area contributed by atoms with Crippen LogP contribution in [0.5, 0.6) is 5.75 Å². The molecule has 2 heterocycles. The first-order chi connectivity index (χ1) is 14.5. The molecule has 0 spiro atoms. The first kappa shape index (κ1) is 22.2. The van der Waals surface area contributed by atoms with Crippen LogP contribution >= 0.6 is 23.2 Å². The molecule has 7 heteroatoms. The van der Waals surface area contributed by atoms with Crippen LogP contribution in [0.25, 0.3) is 0 Å². The second-order valence-electron chi connectivity index (χ2n) is 7.12. The fourth-order valence-corrected chi connectivity index (χ4v) is 3.59. The van der Waals surface area contributed by atoms with Crippen molar-refractivity contribution in [3.05, 3.63) is 81.4 Å². The lowest BCUT2D eigenvalue weighted by Gasteiger charge is -2.16. The van der Waals surface area contributed by atoms with Gasteiger partial charge in [-0.3, -0.25) is 4.99 Å². The molecule has 1 atom stereocenters. The quantitative estimate of drug-likeness (QED) is 0.554. The van der Waals surface area contributed by atoms with Crippen LogP contribution < -0.4 is 10.1 Å². The molecule has 0 amide bonds. The number of aryl methyl sites for hydroxylation is 1. The predicted molar refractivity (Wildman–Crippen MR) is 124 cm³/mol. The van der Waals surface area contributed by atoms with Crippen molar-refractivity contribution >= 4 is 29.0 Å². The van der Waals surface area contributed by atoms with E-state index in [9.17, 15) is 0 Å². The van der Waals surface area contributed by atoms with Gasteiger partial charge in [-0.1, -0.05) is 47.5 Å². The summed E-state index contributed by atoms with van der Waals surface area (Å²) in [6.45, 7) is 7.88. The third-order valence-corrected chi connectivity index (χ3v) is 5.55. The molecule has 1 aliphatic rings. The Hall–Kier alpha value is -2.50. The number of rotatable bonds is 5. The predicted octanol–water partition coefficient (Wildman–Crippen LogP) is 5.38. The van der Waals surface area contributed by atoms with Crippen molar-refractivity contribution in [2.24, 2.45) is 4.99 Å². The minimum atomic E-state index is -0.167. The largest absolute Gasteiger partial charge is 0.480 e. The van der Waals surface area contributed by atoms with E-state index in [1.165, 1.54) is 22.4 Å².